The number of rotatable bonds is 3. The first kappa shape index (κ1) is 28.2. The van der Waals surface area contributed by atoms with Crippen LogP contribution in [-0.2, 0) is 32.9 Å². The Morgan fingerprint density at radius 3 is 2.11 bits per heavy atom. The summed E-state index contributed by atoms with van der Waals surface area (Å²) in [4.78, 5) is 5.15. The second-order valence-electron chi connectivity index (χ2n) is 10.1. The van der Waals surface area contributed by atoms with Gasteiger partial charge < -0.3 is 10.2 Å². The molecule has 0 amide bonds. The van der Waals surface area contributed by atoms with Gasteiger partial charge in [-0.1, -0.05) is 62.2 Å². The molecule has 4 aromatic rings. The quantitative estimate of drug-likeness (QED) is 0.237. The van der Waals surface area contributed by atoms with Crippen molar-refractivity contribution < 1.29 is 30.3 Å². The Balaban J connectivity index is 0.000000400. The van der Waals surface area contributed by atoms with E-state index in [2.05, 4.69) is 82.3 Å². The van der Waals surface area contributed by atoms with E-state index in [0.29, 0.717) is 6.42 Å². The Labute approximate surface area is 229 Å². The number of hydrogen-bond acceptors (Lipinski definition) is 3. The minimum atomic E-state index is -0.375. The van der Waals surface area contributed by atoms with E-state index >= 15 is 0 Å². The zero-order valence-corrected chi connectivity index (χ0v) is 24.5. The number of hydrogen-bond donors (Lipinski definition) is 2. The molecule has 0 saturated heterocycles. The fourth-order valence-electron chi connectivity index (χ4n) is 5.30. The molecule has 4 heteroatoms. The minimum absolute atomic E-state index is 0. The summed E-state index contributed by atoms with van der Waals surface area (Å²) in [6, 6.07) is 21.3. The van der Waals surface area contributed by atoms with Crippen molar-refractivity contribution in [1.29, 1.82) is 0 Å². The molecule has 0 aliphatic heterocycles. The van der Waals surface area contributed by atoms with Gasteiger partial charge in [0, 0.05) is 25.5 Å². The van der Waals surface area contributed by atoms with E-state index in [4.69, 9.17) is 15.2 Å². The second-order valence-corrected chi connectivity index (χ2v) is 10.1. The Kier molecular flexibility index (Phi) is 9.24. The maximum absolute atomic E-state index is 8.56. The number of fused-ring (bicyclic) bond motifs is 4. The monoisotopic (exact) mass is 659 g/mol. The molecule has 2 unspecified atom stereocenters. The fourth-order valence-corrected chi connectivity index (χ4v) is 5.30. The van der Waals surface area contributed by atoms with E-state index in [1.165, 1.54) is 55.5 Å². The summed E-state index contributed by atoms with van der Waals surface area (Å²) in [6.45, 7) is 12.1. The average Bonchev–Trinajstić information content (AvgIpc) is 2.77. The van der Waals surface area contributed by atoms with E-state index in [-0.39, 0.29) is 32.3 Å². The summed E-state index contributed by atoms with van der Waals surface area (Å²) in [6.07, 6.45) is 1.84. The molecule has 0 bridgehead atoms. The first-order valence-electron chi connectivity index (χ1n) is 12.5. The van der Waals surface area contributed by atoms with Gasteiger partial charge in [-0.25, -0.2) is 0 Å². The molecular formula is C32H36IrNO2-. The van der Waals surface area contributed by atoms with Gasteiger partial charge in [-0.15, -0.1) is 34.4 Å². The topological polar surface area (TPSA) is 53.4 Å². The van der Waals surface area contributed by atoms with Crippen LogP contribution in [0.4, 0.5) is 0 Å². The van der Waals surface area contributed by atoms with Crippen molar-refractivity contribution in [3.63, 3.8) is 0 Å². The van der Waals surface area contributed by atoms with E-state index in [1.54, 1.807) is 13.8 Å². The van der Waals surface area contributed by atoms with Crippen LogP contribution in [0.25, 0.3) is 33.3 Å². The van der Waals surface area contributed by atoms with Crippen LogP contribution in [-0.4, -0.2) is 27.4 Å². The summed E-state index contributed by atoms with van der Waals surface area (Å²) in [5, 5.41) is 18.4. The van der Waals surface area contributed by atoms with Crippen LogP contribution in [0.3, 0.4) is 0 Å². The smallest absolute Gasteiger partial charge is 0.0601 e. The molecule has 3 nitrogen and oxygen atoms in total. The Bertz CT molecular complexity index is 1350. The van der Waals surface area contributed by atoms with Gasteiger partial charge in [0.1, 0.15) is 0 Å². The zero-order chi connectivity index (χ0) is 25.3. The third-order valence-electron chi connectivity index (χ3n) is 6.78. The van der Waals surface area contributed by atoms with Gasteiger partial charge in [-0.3, -0.25) is 4.98 Å². The van der Waals surface area contributed by atoms with E-state index in [9.17, 15) is 0 Å². The molecule has 2 N–H and O–H groups in total. The molecule has 1 radical (unpaired) electrons. The third-order valence-corrected chi connectivity index (χ3v) is 6.78. The fraction of sp³-hybridized carbons (Fsp3) is 0.344. The van der Waals surface area contributed by atoms with Crippen LogP contribution in [0.1, 0.15) is 53.6 Å². The molecule has 0 fully saturated rings. The largest absolute Gasteiger partial charge is 0.393 e. The van der Waals surface area contributed by atoms with Crippen molar-refractivity contribution in [3.05, 3.63) is 88.0 Å². The number of pyridine rings is 1. The number of benzene rings is 3. The molecule has 1 heterocycles. The summed E-state index contributed by atoms with van der Waals surface area (Å²) in [7, 11) is 0. The maximum Gasteiger partial charge on any atom is 0.0601 e. The van der Waals surface area contributed by atoms with E-state index in [0.717, 1.165) is 24.1 Å². The molecule has 1 aliphatic rings. The van der Waals surface area contributed by atoms with Gasteiger partial charge in [0.15, 0.2) is 0 Å². The number of aliphatic hydroxyl groups is 2. The van der Waals surface area contributed by atoms with Gasteiger partial charge in [-0.05, 0) is 74.6 Å². The molecule has 36 heavy (non-hydrogen) atoms. The molecule has 1 aromatic heterocycles. The van der Waals surface area contributed by atoms with E-state index < -0.39 is 0 Å². The molecule has 1 aliphatic carbocycles. The standard InChI is InChI=1S/C27H24N.C5H12O2.Ir/c1-16-13-19(4)21-12-11-20-15-23-22(26-17(2)7-5-8-18(26)3)9-6-10-25(23)28-27(20)24(21)14-16;1-4(6)3-5(2)7;/h5-10,13,15H,11-12H2,1-4H3;4-7H,3H2,1-2H3;/q-1;;. The van der Waals surface area contributed by atoms with Crippen molar-refractivity contribution in [2.75, 3.05) is 0 Å². The van der Waals surface area contributed by atoms with Crippen LogP contribution in [0.5, 0.6) is 0 Å². The Hall–Kier alpha value is -2.36. The van der Waals surface area contributed by atoms with Crippen LogP contribution in [0.2, 0.25) is 0 Å². The molecule has 0 saturated carbocycles. The summed E-state index contributed by atoms with van der Waals surface area (Å²) in [5.41, 5.74) is 14.0. The predicted octanol–water partition coefficient (Wildman–Crippen LogP) is 6.84. The van der Waals surface area contributed by atoms with Crippen molar-refractivity contribution in [1.82, 2.24) is 4.98 Å². The minimum Gasteiger partial charge on any atom is -0.393 e. The van der Waals surface area contributed by atoms with Gasteiger partial charge >= 0.3 is 0 Å². The van der Waals surface area contributed by atoms with Gasteiger partial charge in [-0.2, -0.15) is 0 Å². The molecule has 191 valence electrons. The Morgan fingerprint density at radius 1 is 0.861 bits per heavy atom. The van der Waals surface area contributed by atoms with Crippen molar-refractivity contribution in [3.8, 4) is 22.4 Å². The normalized spacial score (nSPS) is 13.6. The average molecular weight is 659 g/mol. The van der Waals surface area contributed by atoms with Gasteiger partial charge in [0.25, 0.3) is 0 Å². The SMILES string of the molecule is CC(O)CC(C)O.Cc1[c-]c2c(c(C)c1)CCc1cc3c(-c4c(C)cccc4C)cccc3nc1-2.[Ir]. The molecular weight excluding hydrogens is 623 g/mol. The third kappa shape index (κ3) is 5.95. The number of aliphatic hydroxyl groups excluding tert-OH is 2. The molecule has 2 atom stereocenters. The van der Waals surface area contributed by atoms with Crippen LogP contribution in [0, 0.1) is 33.8 Å². The van der Waals surface area contributed by atoms with Crippen LogP contribution < -0.4 is 0 Å². The second kappa shape index (κ2) is 11.8. The van der Waals surface area contributed by atoms with Gasteiger partial charge in [0.2, 0.25) is 0 Å². The number of nitrogens with zero attached hydrogens (tertiary/aromatic N) is 1. The van der Waals surface area contributed by atoms with E-state index in [1.807, 2.05) is 0 Å². The Morgan fingerprint density at radius 2 is 1.50 bits per heavy atom. The summed E-state index contributed by atoms with van der Waals surface area (Å²) < 4.78 is 0. The number of aromatic nitrogens is 1. The van der Waals surface area contributed by atoms with Crippen LogP contribution >= 0.6 is 0 Å². The molecule has 0 spiro atoms. The maximum atomic E-state index is 8.56. The first-order valence-corrected chi connectivity index (χ1v) is 12.5. The van der Waals surface area contributed by atoms with Crippen molar-refractivity contribution >= 4 is 10.9 Å². The zero-order valence-electron chi connectivity index (χ0n) is 22.1. The van der Waals surface area contributed by atoms with Crippen LogP contribution in [0.15, 0.2) is 48.5 Å². The molecule has 5 rings (SSSR count). The summed E-state index contributed by atoms with van der Waals surface area (Å²) >= 11 is 0. The van der Waals surface area contributed by atoms with Crippen molar-refractivity contribution in [2.45, 2.75) is 73.0 Å². The summed E-state index contributed by atoms with van der Waals surface area (Å²) in [5.74, 6) is 0. The van der Waals surface area contributed by atoms with Crippen molar-refractivity contribution in [2.24, 2.45) is 0 Å². The predicted molar refractivity (Wildman–Crippen MR) is 146 cm³/mol. The van der Waals surface area contributed by atoms with Gasteiger partial charge in [0.05, 0.1) is 17.7 Å². The molecule has 3 aromatic carbocycles. The first-order chi connectivity index (χ1) is 16.7. The number of aryl methyl sites for hydroxylation is 5.